The molecule has 0 aromatic carbocycles. The molecule has 0 heterocycles. The predicted molar refractivity (Wildman–Crippen MR) is 43.8 cm³/mol. The lowest BCUT2D eigenvalue weighted by Gasteiger charge is -2.00. The van der Waals surface area contributed by atoms with Gasteiger partial charge in [0, 0.05) is 19.3 Å². The molecule has 0 aliphatic rings. The van der Waals surface area contributed by atoms with Crippen LogP contribution in [0.15, 0.2) is 5.10 Å². The highest BCUT2D eigenvalue weighted by molar-refractivity contribution is 5.55. The van der Waals surface area contributed by atoms with E-state index in [4.69, 9.17) is 0 Å². The topological polar surface area (TPSA) is 48.5 Å². The predicted octanol–water partition coefficient (Wildman–Crippen LogP) is -0.304. The fourth-order valence-electron chi connectivity index (χ4n) is 0.426. The molecule has 0 saturated heterocycles. The molecular weight excluding hydrogens is 128 g/mol. The van der Waals surface area contributed by atoms with Crippen molar-refractivity contribution < 1.29 is 0 Å². The lowest BCUT2D eigenvalue weighted by atomic mass is 10.6. The third-order valence-electron chi connectivity index (χ3n) is 0.917. The van der Waals surface area contributed by atoms with Crippen molar-refractivity contribution in [2.75, 3.05) is 20.1 Å². The molecule has 0 radical (unpaired) electrons. The Hall–Kier alpha value is -0.610. The molecule has 4 heteroatoms. The van der Waals surface area contributed by atoms with Gasteiger partial charge in [-0.3, -0.25) is 0 Å². The maximum atomic E-state index is 3.85. The van der Waals surface area contributed by atoms with E-state index < -0.39 is 0 Å². The first-order valence-electron chi connectivity index (χ1n) is 3.55. The molecule has 0 atom stereocenters. The van der Waals surface area contributed by atoms with Gasteiger partial charge in [0.2, 0.25) is 0 Å². The first-order valence-corrected chi connectivity index (χ1v) is 3.55. The fourth-order valence-corrected chi connectivity index (χ4v) is 0.426. The van der Waals surface area contributed by atoms with E-state index in [0.29, 0.717) is 0 Å². The van der Waals surface area contributed by atoms with Gasteiger partial charge in [-0.2, -0.15) is 5.10 Å². The van der Waals surface area contributed by atoms with E-state index >= 15 is 0 Å². The molecule has 0 saturated carbocycles. The van der Waals surface area contributed by atoms with Crippen LogP contribution in [0.3, 0.4) is 0 Å². The van der Waals surface area contributed by atoms with Gasteiger partial charge in [-0.1, -0.05) is 6.92 Å². The van der Waals surface area contributed by atoms with Crippen LogP contribution >= 0.6 is 0 Å². The van der Waals surface area contributed by atoms with Crippen molar-refractivity contribution in [1.29, 1.82) is 0 Å². The number of hydrazine groups is 1. The van der Waals surface area contributed by atoms with Gasteiger partial charge in [-0.05, 0) is 13.5 Å². The van der Waals surface area contributed by atoms with Crippen molar-refractivity contribution in [3.63, 3.8) is 0 Å². The molecule has 0 aliphatic heterocycles. The molecule has 0 amide bonds. The summed E-state index contributed by atoms with van der Waals surface area (Å²) in [6, 6.07) is 0. The Kier molecular flexibility index (Phi) is 7.88. The summed E-state index contributed by atoms with van der Waals surface area (Å²) >= 11 is 0. The average Bonchev–Trinajstić information content (AvgIpc) is 1.97. The SMILES string of the molecule is CC/C=N/NNCCNC. The second-order valence-corrected chi connectivity index (χ2v) is 1.86. The highest BCUT2D eigenvalue weighted by Gasteiger charge is 1.77. The summed E-state index contributed by atoms with van der Waals surface area (Å²) in [5.74, 6) is 0. The second kappa shape index (κ2) is 8.39. The van der Waals surface area contributed by atoms with E-state index in [1.54, 1.807) is 0 Å². The Balaban J connectivity index is 2.83. The molecule has 0 aromatic rings. The van der Waals surface area contributed by atoms with Gasteiger partial charge in [0.05, 0.1) is 0 Å². The number of nitrogens with one attached hydrogen (secondary N) is 3. The lowest BCUT2D eigenvalue weighted by Crippen LogP contribution is -2.33. The minimum atomic E-state index is 0.873. The van der Waals surface area contributed by atoms with Crippen LogP contribution in [-0.2, 0) is 0 Å². The molecule has 4 nitrogen and oxygen atoms in total. The van der Waals surface area contributed by atoms with E-state index in [9.17, 15) is 0 Å². The van der Waals surface area contributed by atoms with E-state index in [0.717, 1.165) is 19.5 Å². The third kappa shape index (κ3) is 7.39. The summed E-state index contributed by atoms with van der Waals surface area (Å²) in [7, 11) is 1.91. The number of nitrogens with zero attached hydrogens (tertiary/aromatic N) is 1. The van der Waals surface area contributed by atoms with Crippen LogP contribution in [0.5, 0.6) is 0 Å². The van der Waals surface area contributed by atoms with Gasteiger partial charge in [-0.25, -0.2) is 11.0 Å². The van der Waals surface area contributed by atoms with Crippen LogP contribution in [0, 0.1) is 0 Å². The van der Waals surface area contributed by atoms with Crippen LogP contribution in [0.2, 0.25) is 0 Å². The summed E-state index contributed by atoms with van der Waals surface area (Å²) in [5.41, 5.74) is 5.61. The minimum absolute atomic E-state index is 0.873. The number of hydrazone groups is 1. The fraction of sp³-hybridized carbons (Fsp3) is 0.833. The average molecular weight is 144 g/mol. The molecule has 0 unspecified atom stereocenters. The number of hydrogen-bond acceptors (Lipinski definition) is 4. The molecule has 0 spiro atoms. The standard InChI is InChI=1S/C6H16N4/c1-3-4-8-10-9-6-5-7-2/h4,7,9-10H,3,5-6H2,1-2H3/b8-4+. The minimum Gasteiger partial charge on any atom is -0.318 e. The Morgan fingerprint density at radius 2 is 2.20 bits per heavy atom. The Morgan fingerprint density at radius 3 is 2.80 bits per heavy atom. The molecule has 60 valence electrons. The van der Waals surface area contributed by atoms with Gasteiger partial charge < -0.3 is 5.32 Å². The van der Waals surface area contributed by atoms with Crippen LogP contribution in [-0.4, -0.2) is 26.4 Å². The Labute approximate surface area is 62.0 Å². The monoisotopic (exact) mass is 144 g/mol. The maximum absolute atomic E-state index is 3.85. The smallest absolute Gasteiger partial charge is 0.0288 e. The van der Waals surface area contributed by atoms with E-state index in [1.165, 1.54) is 0 Å². The quantitative estimate of drug-likeness (QED) is 0.272. The van der Waals surface area contributed by atoms with Crippen LogP contribution in [0.4, 0.5) is 0 Å². The van der Waals surface area contributed by atoms with Gasteiger partial charge in [0.15, 0.2) is 0 Å². The van der Waals surface area contributed by atoms with Gasteiger partial charge >= 0.3 is 0 Å². The van der Waals surface area contributed by atoms with Crippen LogP contribution < -0.4 is 16.3 Å². The first-order chi connectivity index (χ1) is 4.91. The summed E-state index contributed by atoms with van der Waals surface area (Å²) in [5, 5.41) is 6.85. The summed E-state index contributed by atoms with van der Waals surface area (Å²) in [6.45, 7) is 3.85. The number of rotatable bonds is 6. The molecule has 0 aromatic heterocycles. The van der Waals surface area contributed by atoms with Crippen molar-refractivity contribution in [2.24, 2.45) is 5.10 Å². The number of likely N-dealkylation sites (N-methyl/N-ethyl adjacent to an activating group) is 1. The Bertz CT molecular complexity index is 81.8. The van der Waals surface area contributed by atoms with Crippen LogP contribution in [0.25, 0.3) is 0 Å². The maximum Gasteiger partial charge on any atom is 0.0288 e. The summed E-state index contributed by atoms with van der Waals surface area (Å²) < 4.78 is 0. The van der Waals surface area contributed by atoms with E-state index in [-0.39, 0.29) is 0 Å². The van der Waals surface area contributed by atoms with Crippen molar-refractivity contribution in [3.05, 3.63) is 0 Å². The highest BCUT2D eigenvalue weighted by atomic mass is 15.5. The van der Waals surface area contributed by atoms with Gasteiger partial charge in [0.25, 0.3) is 0 Å². The molecular formula is C6H16N4. The molecule has 0 aliphatic carbocycles. The summed E-state index contributed by atoms with van der Waals surface area (Å²) in [4.78, 5) is 0. The normalized spacial score (nSPS) is 10.6. The largest absolute Gasteiger partial charge is 0.318 e. The summed E-state index contributed by atoms with van der Waals surface area (Å²) in [6.07, 6.45) is 2.77. The molecule has 0 fully saturated rings. The number of hydrogen-bond donors (Lipinski definition) is 3. The second-order valence-electron chi connectivity index (χ2n) is 1.86. The van der Waals surface area contributed by atoms with Crippen molar-refractivity contribution in [1.82, 2.24) is 16.3 Å². The zero-order chi connectivity index (χ0) is 7.66. The highest BCUT2D eigenvalue weighted by Crippen LogP contribution is 1.62. The molecule has 10 heavy (non-hydrogen) atoms. The van der Waals surface area contributed by atoms with E-state index in [1.807, 2.05) is 20.2 Å². The van der Waals surface area contributed by atoms with Gasteiger partial charge in [-0.15, -0.1) is 0 Å². The van der Waals surface area contributed by atoms with Gasteiger partial charge in [0.1, 0.15) is 0 Å². The van der Waals surface area contributed by atoms with E-state index in [2.05, 4.69) is 21.4 Å². The van der Waals surface area contributed by atoms with Crippen molar-refractivity contribution in [2.45, 2.75) is 13.3 Å². The molecule has 0 rings (SSSR count). The van der Waals surface area contributed by atoms with Crippen molar-refractivity contribution >= 4 is 6.21 Å². The van der Waals surface area contributed by atoms with Crippen LogP contribution in [0.1, 0.15) is 13.3 Å². The molecule has 0 bridgehead atoms. The first kappa shape index (κ1) is 9.39. The van der Waals surface area contributed by atoms with Crippen molar-refractivity contribution in [3.8, 4) is 0 Å². The molecule has 3 N–H and O–H groups in total. The Morgan fingerprint density at radius 1 is 1.40 bits per heavy atom. The zero-order valence-electron chi connectivity index (χ0n) is 6.65. The lowest BCUT2D eigenvalue weighted by molar-refractivity contribution is 0.546. The third-order valence-corrected chi connectivity index (χ3v) is 0.917. The zero-order valence-corrected chi connectivity index (χ0v) is 6.65.